The van der Waals surface area contributed by atoms with Crippen LogP contribution in [-0.4, -0.2) is 36.3 Å². The molecule has 0 unspecified atom stereocenters. The number of aromatic nitrogens is 2. The number of hydrogen-bond acceptors (Lipinski definition) is 6. The molecule has 6 heteroatoms. The molecule has 0 spiro atoms. The summed E-state index contributed by atoms with van der Waals surface area (Å²) >= 11 is 0. The van der Waals surface area contributed by atoms with Gasteiger partial charge in [0.25, 0.3) is 0 Å². The number of ether oxygens (including phenoxy) is 2. The molecule has 2 aromatic carbocycles. The van der Waals surface area contributed by atoms with Crippen LogP contribution in [0.15, 0.2) is 60.7 Å². The van der Waals surface area contributed by atoms with Crippen molar-refractivity contribution in [1.82, 2.24) is 9.97 Å². The Kier molecular flexibility index (Phi) is 5.16. The highest BCUT2D eigenvalue weighted by Gasteiger charge is 2.15. The lowest BCUT2D eigenvalue weighted by molar-refractivity contribution is 0.122. The highest BCUT2D eigenvalue weighted by Crippen LogP contribution is 2.31. The second-order valence-electron chi connectivity index (χ2n) is 6.33. The van der Waals surface area contributed by atoms with E-state index in [0.717, 1.165) is 47.7 Å². The third-order valence-corrected chi connectivity index (χ3v) is 4.26. The van der Waals surface area contributed by atoms with E-state index in [2.05, 4.69) is 15.2 Å². The lowest BCUT2D eigenvalue weighted by Crippen LogP contribution is -2.37. The summed E-state index contributed by atoms with van der Waals surface area (Å²) in [5, 5.41) is 3.38. The van der Waals surface area contributed by atoms with Gasteiger partial charge in [0.2, 0.25) is 5.95 Å². The fraction of sp³-hybridized carbons (Fsp3) is 0.238. The second kappa shape index (κ2) is 8.05. The van der Waals surface area contributed by atoms with Crippen LogP contribution in [0.2, 0.25) is 0 Å². The number of para-hydroxylation sites is 3. The smallest absolute Gasteiger partial charge is 0.227 e. The molecule has 0 atom stereocenters. The van der Waals surface area contributed by atoms with Crippen LogP contribution < -0.4 is 15.0 Å². The van der Waals surface area contributed by atoms with Gasteiger partial charge in [-0.25, -0.2) is 4.98 Å². The van der Waals surface area contributed by atoms with Gasteiger partial charge in [-0.05, 0) is 31.2 Å². The van der Waals surface area contributed by atoms with Crippen molar-refractivity contribution in [3.63, 3.8) is 0 Å². The van der Waals surface area contributed by atoms with Crippen LogP contribution in [0.4, 0.5) is 17.5 Å². The summed E-state index contributed by atoms with van der Waals surface area (Å²) in [4.78, 5) is 11.4. The van der Waals surface area contributed by atoms with Gasteiger partial charge in [-0.1, -0.05) is 30.3 Å². The first-order valence-electron chi connectivity index (χ1n) is 9.05. The van der Waals surface area contributed by atoms with E-state index in [1.165, 1.54) is 0 Å². The highest BCUT2D eigenvalue weighted by atomic mass is 16.5. The standard InChI is InChI=1S/C21H22N4O2/c1-16-15-20(24-21(22-16)25-11-13-26-14-12-25)23-18-9-5-6-10-19(18)27-17-7-3-2-4-8-17/h2-10,15H,11-14H2,1H3,(H,22,23,24). The topological polar surface area (TPSA) is 59.5 Å². The monoisotopic (exact) mass is 362 g/mol. The van der Waals surface area contributed by atoms with Gasteiger partial charge in [0.1, 0.15) is 11.6 Å². The molecule has 2 heterocycles. The summed E-state index contributed by atoms with van der Waals surface area (Å²) in [6, 6.07) is 19.5. The Labute approximate surface area is 158 Å². The number of aryl methyl sites for hydroxylation is 1. The molecular weight excluding hydrogens is 340 g/mol. The molecule has 1 N–H and O–H groups in total. The molecule has 1 saturated heterocycles. The molecule has 27 heavy (non-hydrogen) atoms. The van der Waals surface area contributed by atoms with Gasteiger partial charge in [-0.15, -0.1) is 0 Å². The Balaban J connectivity index is 1.58. The average Bonchev–Trinajstić information content (AvgIpc) is 2.71. The third-order valence-electron chi connectivity index (χ3n) is 4.26. The van der Waals surface area contributed by atoms with Gasteiger partial charge >= 0.3 is 0 Å². The summed E-state index contributed by atoms with van der Waals surface area (Å²) in [6.07, 6.45) is 0. The van der Waals surface area contributed by atoms with Crippen molar-refractivity contribution in [3.05, 3.63) is 66.4 Å². The van der Waals surface area contributed by atoms with E-state index in [0.29, 0.717) is 13.2 Å². The van der Waals surface area contributed by atoms with Crippen molar-refractivity contribution < 1.29 is 9.47 Å². The Morgan fingerprint density at radius 3 is 2.52 bits per heavy atom. The SMILES string of the molecule is Cc1cc(Nc2ccccc2Oc2ccccc2)nc(N2CCOCC2)n1. The van der Waals surface area contributed by atoms with Crippen LogP contribution in [0.3, 0.4) is 0 Å². The Hall–Kier alpha value is -3.12. The van der Waals surface area contributed by atoms with Gasteiger partial charge in [0.05, 0.1) is 18.9 Å². The van der Waals surface area contributed by atoms with Crippen LogP contribution in [0.25, 0.3) is 0 Å². The second-order valence-corrected chi connectivity index (χ2v) is 6.33. The van der Waals surface area contributed by atoms with E-state index in [1.807, 2.05) is 67.6 Å². The lowest BCUT2D eigenvalue weighted by Gasteiger charge is -2.27. The summed E-state index contributed by atoms with van der Waals surface area (Å²) in [6.45, 7) is 4.98. The molecule has 4 rings (SSSR count). The molecule has 3 aromatic rings. The average molecular weight is 362 g/mol. The first-order chi connectivity index (χ1) is 13.3. The van der Waals surface area contributed by atoms with Crippen LogP contribution in [0.1, 0.15) is 5.69 Å². The third kappa shape index (κ3) is 4.35. The van der Waals surface area contributed by atoms with Crippen molar-refractivity contribution in [3.8, 4) is 11.5 Å². The Bertz CT molecular complexity index is 896. The number of hydrogen-bond donors (Lipinski definition) is 1. The maximum Gasteiger partial charge on any atom is 0.227 e. The van der Waals surface area contributed by atoms with Crippen LogP contribution in [0, 0.1) is 6.92 Å². The molecular formula is C21H22N4O2. The van der Waals surface area contributed by atoms with Crippen LogP contribution in [-0.2, 0) is 4.74 Å². The largest absolute Gasteiger partial charge is 0.455 e. The van der Waals surface area contributed by atoms with Gasteiger partial charge in [0.15, 0.2) is 5.75 Å². The molecule has 0 radical (unpaired) electrons. The molecule has 0 amide bonds. The first-order valence-corrected chi connectivity index (χ1v) is 9.05. The summed E-state index contributed by atoms with van der Waals surface area (Å²) < 4.78 is 11.4. The van der Waals surface area contributed by atoms with Gasteiger partial charge in [-0.3, -0.25) is 0 Å². The van der Waals surface area contributed by atoms with Crippen molar-refractivity contribution >= 4 is 17.5 Å². The Morgan fingerprint density at radius 1 is 0.963 bits per heavy atom. The van der Waals surface area contributed by atoms with Crippen molar-refractivity contribution in [1.29, 1.82) is 0 Å². The number of nitrogens with zero attached hydrogens (tertiary/aromatic N) is 3. The van der Waals surface area contributed by atoms with E-state index in [1.54, 1.807) is 0 Å². The quantitative estimate of drug-likeness (QED) is 0.735. The summed E-state index contributed by atoms with van der Waals surface area (Å²) in [5.41, 5.74) is 1.77. The lowest BCUT2D eigenvalue weighted by atomic mass is 10.2. The van der Waals surface area contributed by atoms with Gasteiger partial charge in [0, 0.05) is 24.8 Å². The maximum absolute atomic E-state index is 6.03. The van der Waals surface area contributed by atoms with Crippen LogP contribution >= 0.6 is 0 Å². The fourth-order valence-electron chi connectivity index (χ4n) is 2.93. The number of anilines is 3. The predicted molar refractivity (Wildman–Crippen MR) is 106 cm³/mol. The minimum Gasteiger partial charge on any atom is -0.455 e. The molecule has 0 bridgehead atoms. The van der Waals surface area contributed by atoms with E-state index in [9.17, 15) is 0 Å². The number of nitrogens with one attached hydrogen (secondary N) is 1. The number of rotatable bonds is 5. The van der Waals surface area contributed by atoms with E-state index in [4.69, 9.17) is 14.5 Å². The van der Waals surface area contributed by atoms with Crippen LogP contribution in [0.5, 0.6) is 11.5 Å². The molecule has 0 aliphatic carbocycles. The first kappa shape index (κ1) is 17.3. The zero-order valence-electron chi connectivity index (χ0n) is 15.3. The minimum atomic E-state index is 0.702. The molecule has 1 fully saturated rings. The Morgan fingerprint density at radius 2 is 1.70 bits per heavy atom. The van der Waals surface area contributed by atoms with Gasteiger partial charge < -0.3 is 19.7 Å². The summed E-state index contributed by atoms with van der Waals surface area (Å²) in [5.74, 6) is 3.00. The number of morpholine rings is 1. The fourth-order valence-corrected chi connectivity index (χ4v) is 2.93. The maximum atomic E-state index is 6.03. The number of benzene rings is 2. The summed E-state index contributed by atoms with van der Waals surface area (Å²) in [7, 11) is 0. The molecule has 1 aromatic heterocycles. The zero-order chi connectivity index (χ0) is 18.5. The van der Waals surface area contributed by atoms with E-state index in [-0.39, 0.29) is 0 Å². The predicted octanol–water partition coefficient (Wildman–Crippen LogP) is 4.16. The van der Waals surface area contributed by atoms with E-state index >= 15 is 0 Å². The van der Waals surface area contributed by atoms with E-state index < -0.39 is 0 Å². The van der Waals surface area contributed by atoms with Crippen molar-refractivity contribution in [2.75, 3.05) is 36.5 Å². The molecule has 138 valence electrons. The zero-order valence-corrected chi connectivity index (χ0v) is 15.3. The molecule has 0 saturated carbocycles. The molecule has 6 nitrogen and oxygen atoms in total. The molecule has 1 aliphatic heterocycles. The van der Waals surface area contributed by atoms with Crippen molar-refractivity contribution in [2.24, 2.45) is 0 Å². The normalized spacial score (nSPS) is 14.0. The molecule has 1 aliphatic rings. The van der Waals surface area contributed by atoms with Crippen molar-refractivity contribution in [2.45, 2.75) is 6.92 Å². The minimum absolute atomic E-state index is 0.702. The highest BCUT2D eigenvalue weighted by molar-refractivity contribution is 5.65. The van der Waals surface area contributed by atoms with Gasteiger partial charge in [-0.2, -0.15) is 4.98 Å².